The lowest BCUT2D eigenvalue weighted by Crippen LogP contribution is -2.53. The van der Waals surface area contributed by atoms with Crippen molar-refractivity contribution in [3.05, 3.63) is 169 Å². The molecule has 1 aliphatic heterocycles. The Morgan fingerprint density at radius 3 is 1.72 bits per heavy atom. The minimum Gasteiger partial charge on any atom is -0.543 e. The molecular formula is C78H97Br2N3O6Si. The predicted molar refractivity (Wildman–Crippen MR) is 368 cm³/mol. The van der Waals surface area contributed by atoms with E-state index in [0.717, 1.165) is 126 Å². The highest BCUT2D eigenvalue weighted by Crippen LogP contribution is 2.68. The molecule has 0 unspecified atom stereocenters. The maximum atomic E-state index is 12.3. The standard InChI is InChI=1S/C30H42BrNO2Si.C24H27NO2.C18H22O2.C6H6BrN/c1-28(2,3)35(5,6)34-21-10-12-22-20(18-21)9-11-24-23(22)13-15-29(4)25(24)14-16-30(29,33)19-27-26(31)8-7-17-32-27;1-23-10-8-18-17-7-5-16(26)13-15(17)4-6-19(18)20(23)9-11-24(23)14-21-22(27-24)3-2-12-25-21;1-18-9-8-14-13-5-3-12(19)10-11(13)2-4-15(14)16(18)6-7-17(18)20;1-5-6(7)3-2-4-8-5/h7-8,10,12,17-18,23-25,33H,9,11,13-16,19H2,1-6H3;2-3,5,7,12-13,18-20,26H,4,6,8-11,14H2,1H3;3,5,10,14-16,19H,2,4,6-9H2,1H3;2-4H,1H3/t23-,24-,25+,29+,30-;18-,19-,20+,23+,24-;14-,15-,16+,18+;/m111./s1. The third-order valence-corrected chi connectivity index (χ3v) is 32.4. The van der Waals surface area contributed by atoms with E-state index in [2.05, 4.69) is 138 Å². The van der Waals surface area contributed by atoms with Crippen LogP contribution in [0.5, 0.6) is 23.0 Å². The van der Waals surface area contributed by atoms with Crippen LogP contribution in [0.4, 0.5) is 0 Å². The van der Waals surface area contributed by atoms with Gasteiger partial charge in [0.2, 0.25) is 8.32 Å². The summed E-state index contributed by atoms with van der Waals surface area (Å²) < 4.78 is 15.4. The van der Waals surface area contributed by atoms with E-state index in [1.165, 1.54) is 72.8 Å². The van der Waals surface area contributed by atoms with Gasteiger partial charge in [-0.15, -0.1) is 0 Å². The Bertz CT molecular complexity index is 3630. The molecule has 478 valence electrons. The Kier molecular flexibility index (Phi) is 17.1. The first-order valence-corrected chi connectivity index (χ1v) is 38.8. The number of hydrogen-bond donors (Lipinski definition) is 3. The van der Waals surface area contributed by atoms with Crippen molar-refractivity contribution in [2.24, 2.45) is 51.8 Å². The molecule has 14 atom stereocenters. The average Bonchev–Trinajstić information content (AvgIpc) is 1.53. The first kappa shape index (κ1) is 63.9. The van der Waals surface area contributed by atoms with Gasteiger partial charge in [0.1, 0.15) is 34.4 Å². The van der Waals surface area contributed by atoms with Crippen LogP contribution in [-0.4, -0.2) is 55.6 Å². The number of benzene rings is 3. The lowest BCUT2D eigenvalue weighted by Gasteiger charge is -2.53. The molecule has 3 aromatic carbocycles. The zero-order valence-corrected chi connectivity index (χ0v) is 59.1. The van der Waals surface area contributed by atoms with Gasteiger partial charge in [0.15, 0.2) is 0 Å². The van der Waals surface area contributed by atoms with Crippen LogP contribution in [0.3, 0.4) is 0 Å². The number of phenols is 2. The van der Waals surface area contributed by atoms with Crippen molar-refractivity contribution >= 4 is 46.0 Å². The van der Waals surface area contributed by atoms with Crippen LogP contribution in [0.2, 0.25) is 18.1 Å². The van der Waals surface area contributed by atoms with Crippen molar-refractivity contribution in [1.82, 2.24) is 15.0 Å². The minimum atomic E-state index is -1.84. The summed E-state index contributed by atoms with van der Waals surface area (Å²) >= 11 is 6.99. The van der Waals surface area contributed by atoms with Crippen molar-refractivity contribution in [2.75, 3.05) is 0 Å². The number of aliphatic hydroxyl groups is 1. The number of aryl methyl sites for hydroxylation is 4. The molecule has 6 aromatic rings. The van der Waals surface area contributed by atoms with Crippen LogP contribution < -0.4 is 9.16 Å². The van der Waals surface area contributed by atoms with Crippen molar-refractivity contribution in [3.63, 3.8) is 0 Å². The summed E-state index contributed by atoms with van der Waals surface area (Å²) in [7, 11) is -1.84. The van der Waals surface area contributed by atoms with E-state index in [-0.39, 0.29) is 26.9 Å². The van der Waals surface area contributed by atoms with Crippen molar-refractivity contribution in [2.45, 2.75) is 224 Å². The number of hydrogen-bond acceptors (Lipinski definition) is 9. The molecule has 10 aliphatic rings. The Morgan fingerprint density at radius 1 is 0.600 bits per heavy atom. The number of carbonyl (C=O) groups excluding carboxylic acids is 1. The van der Waals surface area contributed by atoms with Crippen molar-refractivity contribution < 1.29 is 29.3 Å². The predicted octanol–water partition coefficient (Wildman–Crippen LogP) is 19.0. The van der Waals surface area contributed by atoms with Crippen LogP contribution in [-0.2, 0) is 36.9 Å². The smallest absolute Gasteiger partial charge is 0.250 e. The Morgan fingerprint density at radius 2 is 1.13 bits per heavy atom. The number of rotatable bonds is 4. The molecule has 12 heteroatoms. The van der Waals surface area contributed by atoms with Gasteiger partial charge >= 0.3 is 0 Å². The van der Waals surface area contributed by atoms with E-state index in [0.29, 0.717) is 65.1 Å². The lowest BCUT2D eigenvalue weighted by molar-refractivity contribution is -0.129. The molecule has 4 heterocycles. The van der Waals surface area contributed by atoms with E-state index < -0.39 is 13.9 Å². The van der Waals surface area contributed by atoms with E-state index in [1.54, 1.807) is 11.8 Å². The molecule has 0 bridgehead atoms. The van der Waals surface area contributed by atoms with Gasteiger partial charge in [0.05, 0.1) is 22.7 Å². The first-order valence-electron chi connectivity index (χ1n) is 34.3. The number of ether oxygens (including phenoxy) is 1. The van der Waals surface area contributed by atoms with Gasteiger partial charge in [0.25, 0.3) is 0 Å². The molecule has 0 amide bonds. The fourth-order valence-corrected chi connectivity index (χ4v) is 22.1. The molecule has 16 rings (SSSR count). The van der Waals surface area contributed by atoms with Gasteiger partial charge < -0.3 is 24.5 Å². The van der Waals surface area contributed by atoms with Gasteiger partial charge in [-0.3, -0.25) is 19.7 Å². The number of aromatic nitrogens is 3. The molecule has 9 aliphatic carbocycles. The number of fused-ring (bicyclic) bond motifs is 17. The molecule has 90 heavy (non-hydrogen) atoms. The van der Waals surface area contributed by atoms with Crippen LogP contribution >= 0.6 is 31.9 Å². The summed E-state index contributed by atoms with van der Waals surface area (Å²) in [6.45, 7) is 20.6. The SMILES string of the molecule is CC(C)(C)[Si](C)(C)Oc1ccc2c(c1)CC[C@@H]1[C@@H]2CC[C@@]2(C)[C@H]1CC[C@@]2(O)Cc1ncccc1Br.C[C@]12CC[C@@H]3c4ccc(O)cc4CC[C@H]3[C@@H]1CCC2=O.C[C@]12CC[C@@H]3c4ccc(O)cc4CC[C@H]3[C@@H]1CC[C@@]21Cc2ncccc2O1.Cc1ncccc1Br. The van der Waals surface area contributed by atoms with Gasteiger partial charge in [0, 0.05) is 57.6 Å². The topological polar surface area (TPSA) is 135 Å². The molecule has 3 N–H and O–H groups in total. The molecule has 0 saturated heterocycles. The maximum absolute atomic E-state index is 12.3. The second-order valence-electron chi connectivity index (χ2n) is 31.6. The van der Waals surface area contributed by atoms with Crippen LogP contribution in [0.1, 0.15) is 206 Å². The highest BCUT2D eigenvalue weighted by atomic mass is 79.9. The molecule has 9 nitrogen and oxygen atoms in total. The second kappa shape index (κ2) is 24.2. The number of carbonyl (C=O) groups is 1. The quantitative estimate of drug-likeness (QED) is 0.147. The van der Waals surface area contributed by atoms with Crippen LogP contribution in [0, 0.1) is 58.7 Å². The van der Waals surface area contributed by atoms with Crippen molar-refractivity contribution in [3.8, 4) is 23.0 Å². The summed E-state index contributed by atoms with van der Waals surface area (Å²) in [6.07, 6.45) is 27.4. The normalized spacial score (nSPS) is 33.7. The number of aromatic hydroxyl groups is 2. The monoisotopic (exact) mass is 1360 g/mol. The van der Waals surface area contributed by atoms with E-state index in [9.17, 15) is 20.1 Å². The molecule has 6 fully saturated rings. The third kappa shape index (κ3) is 11.2. The Labute approximate surface area is 554 Å². The highest BCUT2D eigenvalue weighted by molar-refractivity contribution is 9.10. The molecule has 6 saturated carbocycles. The number of halogens is 2. The summed E-state index contributed by atoms with van der Waals surface area (Å²) in [6, 6.07) is 30.9. The Hall–Kier alpha value is -4.88. The number of pyridine rings is 3. The third-order valence-electron chi connectivity index (χ3n) is 26.5. The average molecular weight is 1360 g/mol. The molecule has 3 aromatic heterocycles. The van der Waals surface area contributed by atoms with Crippen LogP contribution in [0.25, 0.3) is 0 Å². The molecular weight excluding hydrogens is 1260 g/mol. The van der Waals surface area contributed by atoms with Gasteiger partial charge in [-0.2, -0.15) is 0 Å². The second-order valence-corrected chi connectivity index (χ2v) is 38.0. The van der Waals surface area contributed by atoms with Gasteiger partial charge in [-0.05, 0) is 331 Å². The summed E-state index contributed by atoms with van der Waals surface area (Å²) in [5.41, 5.74) is 11.3. The first-order chi connectivity index (χ1) is 42.8. The van der Waals surface area contributed by atoms with E-state index >= 15 is 0 Å². The number of phenolic OH excluding ortho intramolecular Hbond substituents is 2. The van der Waals surface area contributed by atoms with Crippen molar-refractivity contribution in [1.29, 1.82) is 0 Å². The molecule has 1 spiro atoms. The van der Waals surface area contributed by atoms with Gasteiger partial charge in [-0.1, -0.05) is 59.7 Å². The Balaban J connectivity index is 0.000000120. The van der Waals surface area contributed by atoms with E-state index in [1.807, 2.05) is 73.9 Å². The largest absolute Gasteiger partial charge is 0.543 e. The highest BCUT2D eigenvalue weighted by Gasteiger charge is 2.66. The zero-order chi connectivity index (χ0) is 63.3. The fourth-order valence-electron chi connectivity index (χ4n) is 20.4. The van der Waals surface area contributed by atoms with Gasteiger partial charge in [-0.25, -0.2) is 0 Å². The maximum Gasteiger partial charge on any atom is 0.250 e. The number of nitrogens with zero attached hydrogens (tertiary/aromatic N) is 3. The summed E-state index contributed by atoms with van der Waals surface area (Å²) in [4.78, 5) is 25.5. The summed E-state index contributed by atoms with van der Waals surface area (Å²) in [5.74, 6) is 9.27. The lowest BCUT2D eigenvalue weighted by atomic mass is 9.53. The van der Waals surface area contributed by atoms with Crippen LogP contribution in [0.15, 0.2) is 119 Å². The van der Waals surface area contributed by atoms with E-state index in [4.69, 9.17) is 9.16 Å². The fraction of sp³-hybridized carbons (Fsp3) is 0.564. The number of ketones is 1. The zero-order valence-electron chi connectivity index (χ0n) is 54.9. The summed E-state index contributed by atoms with van der Waals surface area (Å²) in [5, 5.41) is 31.8. The number of Topliss-reactive ketones (excluding diaryl/α,β-unsaturated/α-hetero) is 1. The molecule has 0 radical (unpaired) electrons. The minimum absolute atomic E-state index is 0.0322.